The average Bonchev–Trinajstić information content (AvgIpc) is 3.14. The van der Waals surface area contributed by atoms with Crippen molar-refractivity contribution in [3.63, 3.8) is 0 Å². The number of anilines is 1. The van der Waals surface area contributed by atoms with Gasteiger partial charge in [-0.05, 0) is 46.8 Å². The Hall–Kier alpha value is -3.22. The molecule has 4 aromatic rings. The predicted octanol–water partition coefficient (Wildman–Crippen LogP) is 1.86. The number of aromatic nitrogens is 5. The summed E-state index contributed by atoms with van der Waals surface area (Å²) in [4.78, 5) is 15.4. The Morgan fingerprint density at radius 1 is 1.19 bits per heavy atom. The Morgan fingerprint density at radius 3 is 3.10 bits per heavy atom. The zero-order chi connectivity index (χ0) is 14.2. The largest absolute Gasteiger partial charge is 0.361 e. The van der Waals surface area contributed by atoms with Crippen molar-refractivity contribution in [3.05, 3.63) is 54.4 Å². The third-order valence-electron chi connectivity index (χ3n) is 3.26. The van der Waals surface area contributed by atoms with Gasteiger partial charge in [-0.1, -0.05) is 0 Å². The first kappa shape index (κ1) is 11.6. The molecule has 1 amide bonds. The number of H-pyrrole nitrogens is 1. The second kappa shape index (κ2) is 4.41. The van der Waals surface area contributed by atoms with Gasteiger partial charge in [0.1, 0.15) is 0 Å². The van der Waals surface area contributed by atoms with Crippen LogP contribution in [0, 0.1) is 0 Å². The van der Waals surface area contributed by atoms with E-state index in [-0.39, 0.29) is 5.91 Å². The average molecular weight is 278 g/mol. The van der Waals surface area contributed by atoms with Crippen LogP contribution in [0.25, 0.3) is 16.6 Å². The van der Waals surface area contributed by atoms with Gasteiger partial charge < -0.3 is 10.3 Å². The summed E-state index contributed by atoms with van der Waals surface area (Å²) in [5.41, 5.74) is 2.86. The van der Waals surface area contributed by atoms with Crippen molar-refractivity contribution in [1.29, 1.82) is 0 Å². The first-order valence-electron chi connectivity index (χ1n) is 6.36. The quantitative estimate of drug-likeness (QED) is 0.585. The van der Waals surface area contributed by atoms with Crippen molar-refractivity contribution in [2.45, 2.75) is 0 Å². The van der Waals surface area contributed by atoms with E-state index < -0.39 is 0 Å². The van der Waals surface area contributed by atoms with Gasteiger partial charge in [0.15, 0.2) is 5.65 Å². The molecule has 0 saturated heterocycles. The first-order valence-corrected chi connectivity index (χ1v) is 6.36. The van der Waals surface area contributed by atoms with Gasteiger partial charge in [0.05, 0.1) is 5.56 Å². The number of carbonyl (C=O) groups is 1. The molecule has 21 heavy (non-hydrogen) atoms. The van der Waals surface area contributed by atoms with Gasteiger partial charge in [-0.2, -0.15) is 4.52 Å². The molecule has 0 unspecified atom stereocenters. The highest BCUT2D eigenvalue weighted by atomic mass is 16.1. The molecule has 3 heterocycles. The number of pyridine rings is 1. The van der Waals surface area contributed by atoms with E-state index in [9.17, 15) is 4.79 Å². The fraction of sp³-hybridized carbons (Fsp3) is 0. The molecule has 0 aliphatic rings. The lowest BCUT2D eigenvalue weighted by Gasteiger charge is -2.05. The van der Waals surface area contributed by atoms with Crippen LogP contribution in [0.4, 0.5) is 5.69 Å². The number of carbonyl (C=O) groups excluding carboxylic acids is 1. The van der Waals surface area contributed by atoms with E-state index in [2.05, 4.69) is 25.8 Å². The molecule has 0 aliphatic heterocycles. The standard InChI is InChI=1S/C14H10N6O/c21-14(10-1-4-13-17-18-19-20(13)8-10)16-11-2-3-12-9(7-11)5-6-15-12/h1-8,15H,(H,16,21). The SMILES string of the molecule is O=C(Nc1ccc2[nH]ccc2c1)c1ccc2nnnn2c1. The fourth-order valence-electron chi connectivity index (χ4n) is 2.21. The van der Waals surface area contributed by atoms with Crippen LogP contribution >= 0.6 is 0 Å². The molecule has 0 aliphatic carbocycles. The van der Waals surface area contributed by atoms with Crippen LogP contribution in [0.1, 0.15) is 10.4 Å². The summed E-state index contributed by atoms with van der Waals surface area (Å²) in [6.07, 6.45) is 3.46. The molecule has 0 atom stereocenters. The highest BCUT2D eigenvalue weighted by Gasteiger charge is 2.08. The lowest BCUT2D eigenvalue weighted by Crippen LogP contribution is -2.12. The monoisotopic (exact) mass is 278 g/mol. The Kier molecular flexibility index (Phi) is 2.43. The third-order valence-corrected chi connectivity index (χ3v) is 3.26. The number of amides is 1. The third kappa shape index (κ3) is 2.00. The van der Waals surface area contributed by atoms with Crippen LogP contribution in [-0.4, -0.2) is 30.9 Å². The Labute approximate surface area is 118 Å². The number of rotatable bonds is 2. The van der Waals surface area contributed by atoms with Gasteiger partial charge in [0.2, 0.25) is 0 Å². The highest BCUT2D eigenvalue weighted by Crippen LogP contribution is 2.18. The van der Waals surface area contributed by atoms with Gasteiger partial charge >= 0.3 is 0 Å². The second-order valence-corrected chi connectivity index (χ2v) is 4.63. The summed E-state index contributed by atoms with van der Waals surface area (Å²) in [6, 6.07) is 11.0. The fourth-order valence-corrected chi connectivity index (χ4v) is 2.21. The van der Waals surface area contributed by atoms with E-state index >= 15 is 0 Å². The van der Waals surface area contributed by atoms with Crippen LogP contribution in [0.5, 0.6) is 0 Å². The topological polar surface area (TPSA) is 88.0 Å². The Balaban J connectivity index is 1.64. The van der Waals surface area contributed by atoms with Crippen LogP contribution in [0.3, 0.4) is 0 Å². The summed E-state index contributed by atoms with van der Waals surface area (Å²) in [5.74, 6) is -0.206. The van der Waals surface area contributed by atoms with Crippen molar-refractivity contribution in [2.24, 2.45) is 0 Å². The zero-order valence-electron chi connectivity index (χ0n) is 10.8. The maximum absolute atomic E-state index is 12.3. The number of fused-ring (bicyclic) bond motifs is 2. The molecule has 7 nitrogen and oxygen atoms in total. The molecule has 1 aromatic carbocycles. The summed E-state index contributed by atoms with van der Waals surface area (Å²) < 4.78 is 1.46. The van der Waals surface area contributed by atoms with E-state index in [0.717, 1.165) is 16.6 Å². The number of benzene rings is 1. The van der Waals surface area contributed by atoms with Gasteiger partial charge in [-0.25, -0.2) is 0 Å². The molecule has 0 spiro atoms. The van der Waals surface area contributed by atoms with Crippen molar-refractivity contribution >= 4 is 28.1 Å². The minimum Gasteiger partial charge on any atom is -0.361 e. The van der Waals surface area contributed by atoms with Crippen molar-refractivity contribution in [1.82, 2.24) is 25.0 Å². The van der Waals surface area contributed by atoms with Crippen molar-refractivity contribution in [3.8, 4) is 0 Å². The molecule has 0 radical (unpaired) electrons. The van der Waals surface area contributed by atoms with E-state index in [0.29, 0.717) is 11.2 Å². The van der Waals surface area contributed by atoms with Gasteiger partial charge in [0.25, 0.3) is 5.91 Å². The Morgan fingerprint density at radius 2 is 2.14 bits per heavy atom. The van der Waals surface area contributed by atoms with E-state index in [1.807, 2.05) is 30.5 Å². The molecular weight excluding hydrogens is 268 g/mol. The predicted molar refractivity (Wildman–Crippen MR) is 77.0 cm³/mol. The number of nitrogens with zero attached hydrogens (tertiary/aromatic N) is 4. The maximum Gasteiger partial charge on any atom is 0.257 e. The summed E-state index contributed by atoms with van der Waals surface area (Å²) >= 11 is 0. The Bertz CT molecular complexity index is 954. The minimum absolute atomic E-state index is 0.206. The number of aromatic amines is 1. The maximum atomic E-state index is 12.3. The van der Waals surface area contributed by atoms with Crippen molar-refractivity contribution < 1.29 is 4.79 Å². The van der Waals surface area contributed by atoms with E-state index in [1.54, 1.807) is 18.3 Å². The zero-order valence-corrected chi connectivity index (χ0v) is 10.8. The van der Waals surface area contributed by atoms with Crippen LogP contribution in [-0.2, 0) is 0 Å². The molecular formula is C14H10N6O. The van der Waals surface area contributed by atoms with Crippen LogP contribution < -0.4 is 5.32 Å². The summed E-state index contributed by atoms with van der Waals surface area (Å²) in [6.45, 7) is 0. The molecule has 0 fully saturated rings. The number of nitrogens with one attached hydrogen (secondary N) is 2. The van der Waals surface area contributed by atoms with Gasteiger partial charge in [0, 0.05) is 29.0 Å². The summed E-state index contributed by atoms with van der Waals surface area (Å²) in [5, 5.41) is 15.0. The number of hydrogen-bond acceptors (Lipinski definition) is 4. The molecule has 2 N–H and O–H groups in total. The van der Waals surface area contributed by atoms with Crippen LogP contribution in [0.2, 0.25) is 0 Å². The first-order chi connectivity index (χ1) is 10.3. The smallest absolute Gasteiger partial charge is 0.257 e. The number of hydrogen-bond donors (Lipinski definition) is 2. The lowest BCUT2D eigenvalue weighted by molar-refractivity contribution is 0.102. The van der Waals surface area contributed by atoms with Gasteiger partial charge in [-0.15, -0.1) is 5.10 Å². The van der Waals surface area contributed by atoms with Gasteiger partial charge in [-0.3, -0.25) is 4.79 Å². The van der Waals surface area contributed by atoms with E-state index in [1.165, 1.54) is 4.52 Å². The van der Waals surface area contributed by atoms with E-state index in [4.69, 9.17) is 0 Å². The molecule has 3 aromatic heterocycles. The molecule has 0 bridgehead atoms. The molecule has 102 valence electrons. The normalized spacial score (nSPS) is 11.0. The lowest BCUT2D eigenvalue weighted by atomic mass is 10.2. The molecule has 4 rings (SSSR count). The molecule has 7 heteroatoms. The van der Waals surface area contributed by atoms with Crippen LogP contribution in [0.15, 0.2) is 48.8 Å². The number of tetrazole rings is 1. The minimum atomic E-state index is -0.206. The molecule has 0 saturated carbocycles. The van der Waals surface area contributed by atoms with Crippen molar-refractivity contribution in [2.75, 3.05) is 5.32 Å². The summed E-state index contributed by atoms with van der Waals surface area (Å²) in [7, 11) is 0. The highest BCUT2D eigenvalue weighted by molar-refractivity contribution is 6.05. The second-order valence-electron chi connectivity index (χ2n) is 4.63.